The van der Waals surface area contributed by atoms with Crippen molar-refractivity contribution >= 4 is 0 Å². The molecule has 2 rings (SSSR count). The van der Waals surface area contributed by atoms with Crippen LogP contribution >= 0.6 is 0 Å². The third-order valence-electron chi connectivity index (χ3n) is 3.06. The Morgan fingerprint density at radius 1 is 0.900 bits per heavy atom. The number of ether oxygens (including phenoxy) is 2. The number of aryl methyl sites for hydroxylation is 1. The Labute approximate surface area is 120 Å². The maximum atomic E-state index is 5.84. The number of para-hydroxylation sites is 2. The van der Waals surface area contributed by atoms with Gasteiger partial charge in [0.05, 0.1) is 13.2 Å². The summed E-state index contributed by atoms with van der Waals surface area (Å²) in [6.07, 6.45) is 0.841. The summed E-state index contributed by atoms with van der Waals surface area (Å²) in [5.74, 6) is 1.81. The van der Waals surface area contributed by atoms with Crippen molar-refractivity contribution in [3.63, 3.8) is 0 Å². The minimum atomic E-state index is 0.498. The van der Waals surface area contributed by atoms with Crippen LogP contribution in [0.25, 0.3) is 0 Å². The average Bonchev–Trinajstić information content (AvgIpc) is 2.49. The Kier molecular flexibility index (Phi) is 5.44. The van der Waals surface area contributed by atoms with Crippen LogP contribution < -0.4 is 15.2 Å². The lowest BCUT2D eigenvalue weighted by Crippen LogP contribution is -2.08. The fraction of sp³-hybridized carbons (Fsp3) is 0.294. The van der Waals surface area contributed by atoms with E-state index in [2.05, 4.69) is 0 Å². The lowest BCUT2D eigenvalue weighted by atomic mass is 10.1. The largest absolute Gasteiger partial charge is 0.493 e. The van der Waals surface area contributed by atoms with E-state index in [1.807, 2.05) is 55.5 Å². The first-order valence-electron chi connectivity index (χ1n) is 6.90. The van der Waals surface area contributed by atoms with Crippen LogP contribution in [0.4, 0.5) is 0 Å². The Bertz CT molecular complexity index is 526. The molecule has 0 saturated heterocycles. The quantitative estimate of drug-likeness (QED) is 0.786. The van der Waals surface area contributed by atoms with Crippen molar-refractivity contribution in [3.05, 3.63) is 59.7 Å². The number of benzene rings is 2. The van der Waals surface area contributed by atoms with Crippen molar-refractivity contribution in [2.45, 2.75) is 19.9 Å². The van der Waals surface area contributed by atoms with Gasteiger partial charge in [0.15, 0.2) is 0 Å². The Balaban J connectivity index is 1.76. The molecule has 0 aliphatic heterocycles. The fourth-order valence-corrected chi connectivity index (χ4v) is 2.02. The predicted molar refractivity (Wildman–Crippen MR) is 81.1 cm³/mol. The molecule has 2 N–H and O–H groups in total. The van der Waals surface area contributed by atoms with Gasteiger partial charge in [-0.1, -0.05) is 36.4 Å². The minimum Gasteiger partial charge on any atom is -0.493 e. The van der Waals surface area contributed by atoms with Gasteiger partial charge in [-0.15, -0.1) is 0 Å². The molecule has 0 fully saturated rings. The van der Waals surface area contributed by atoms with Crippen molar-refractivity contribution in [2.24, 2.45) is 5.73 Å². The molecule has 3 heteroatoms. The molecule has 0 saturated carbocycles. The van der Waals surface area contributed by atoms with Crippen molar-refractivity contribution < 1.29 is 9.47 Å². The van der Waals surface area contributed by atoms with Gasteiger partial charge in [0.1, 0.15) is 11.5 Å². The van der Waals surface area contributed by atoms with E-state index in [1.54, 1.807) is 0 Å². The van der Waals surface area contributed by atoms with E-state index in [4.69, 9.17) is 15.2 Å². The molecule has 0 atom stereocenters. The number of hydrogen-bond acceptors (Lipinski definition) is 3. The minimum absolute atomic E-state index is 0.498. The van der Waals surface area contributed by atoms with Crippen LogP contribution in [-0.4, -0.2) is 13.2 Å². The van der Waals surface area contributed by atoms with Gasteiger partial charge in [-0.3, -0.25) is 0 Å². The molecule has 0 heterocycles. The van der Waals surface area contributed by atoms with E-state index in [0.717, 1.165) is 29.0 Å². The van der Waals surface area contributed by atoms with Crippen LogP contribution in [0.3, 0.4) is 0 Å². The van der Waals surface area contributed by atoms with E-state index >= 15 is 0 Å². The van der Waals surface area contributed by atoms with Crippen LogP contribution in [0, 0.1) is 6.92 Å². The van der Waals surface area contributed by atoms with Gasteiger partial charge in [-0.2, -0.15) is 0 Å². The molecule has 0 radical (unpaired) electrons. The normalized spacial score (nSPS) is 10.3. The van der Waals surface area contributed by atoms with Gasteiger partial charge in [0, 0.05) is 18.5 Å². The zero-order chi connectivity index (χ0) is 14.2. The summed E-state index contributed by atoms with van der Waals surface area (Å²) in [6.45, 7) is 3.81. The lowest BCUT2D eigenvalue weighted by Gasteiger charge is -2.13. The zero-order valence-electron chi connectivity index (χ0n) is 11.8. The van der Waals surface area contributed by atoms with E-state index in [-0.39, 0.29) is 0 Å². The van der Waals surface area contributed by atoms with Gasteiger partial charge in [-0.25, -0.2) is 0 Å². The SMILES string of the molecule is Cc1cccc(CN)c1OCCCOc1ccccc1. The number of hydrogen-bond donors (Lipinski definition) is 1. The monoisotopic (exact) mass is 271 g/mol. The van der Waals surface area contributed by atoms with Crippen LogP contribution in [0.15, 0.2) is 48.5 Å². The van der Waals surface area contributed by atoms with Crippen LogP contribution in [0.5, 0.6) is 11.5 Å². The summed E-state index contributed by atoms with van der Waals surface area (Å²) < 4.78 is 11.5. The molecule has 0 amide bonds. The van der Waals surface area contributed by atoms with Crippen molar-refractivity contribution in [2.75, 3.05) is 13.2 Å². The van der Waals surface area contributed by atoms with Gasteiger partial charge < -0.3 is 15.2 Å². The third-order valence-corrected chi connectivity index (χ3v) is 3.06. The first-order valence-corrected chi connectivity index (χ1v) is 6.90. The topological polar surface area (TPSA) is 44.5 Å². The highest BCUT2D eigenvalue weighted by Gasteiger charge is 2.05. The average molecular weight is 271 g/mol. The molecule has 0 unspecified atom stereocenters. The van der Waals surface area contributed by atoms with Crippen molar-refractivity contribution in [3.8, 4) is 11.5 Å². The molecule has 20 heavy (non-hydrogen) atoms. The fourth-order valence-electron chi connectivity index (χ4n) is 2.02. The first-order chi connectivity index (χ1) is 9.81. The number of rotatable bonds is 7. The van der Waals surface area contributed by atoms with E-state index in [1.165, 1.54) is 0 Å². The van der Waals surface area contributed by atoms with Gasteiger partial charge in [0.25, 0.3) is 0 Å². The maximum Gasteiger partial charge on any atom is 0.126 e. The highest BCUT2D eigenvalue weighted by atomic mass is 16.5. The molecular weight excluding hydrogens is 250 g/mol. The summed E-state index contributed by atoms with van der Waals surface area (Å²) in [4.78, 5) is 0. The zero-order valence-corrected chi connectivity index (χ0v) is 11.8. The van der Waals surface area contributed by atoms with E-state index in [0.29, 0.717) is 19.8 Å². The lowest BCUT2D eigenvalue weighted by molar-refractivity contribution is 0.245. The second kappa shape index (κ2) is 7.56. The summed E-state index contributed by atoms with van der Waals surface area (Å²) in [7, 11) is 0. The van der Waals surface area contributed by atoms with Crippen LogP contribution in [-0.2, 0) is 6.54 Å². The maximum absolute atomic E-state index is 5.84. The Morgan fingerprint density at radius 2 is 1.65 bits per heavy atom. The highest BCUT2D eigenvalue weighted by molar-refractivity contribution is 5.40. The third kappa shape index (κ3) is 4.00. The van der Waals surface area contributed by atoms with Gasteiger partial charge in [-0.05, 0) is 24.6 Å². The second-order valence-electron chi connectivity index (χ2n) is 4.63. The molecule has 2 aromatic carbocycles. The van der Waals surface area contributed by atoms with Crippen molar-refractivity contribution in [1.29, 1.82) is 0 Å². The molecule has 0 spiro atoms. The summed E-state index contributed by atoms with van der Waals surface area (Å²) >= 11 is 0. The van der Waals surface area contributed by atoms with Crippen molar-refractivity contribution in [1.82, 2.24) is 0 Å². The molecule has 0 aromatic heterocycles. The summed E-state index contributed by atoms with van der Waals surface area (Å²) in [5, 5.41) is 0. The molecule has 0 aliphatic rings. The standard InChI is InChI=1S/C17H21NO2/c1-14-7-5-8-15(13-18)17(14)20-12-6-11-19-16-9-3-2-4-10-16/h2-5,7-10H,6,11-13,18H2,1H3. The van der Waals surface area contributed by atoms with E-state index < -0.39 is 0 Å². The van der Waals surface area contributed by atoms with Gasteiger partial charge in [0.2, 0.25) is 0 Å². The molecule has 0 bridgehead atoms. The molecule has 0 aliphatic carbocycles. The smallest absolute Gasteiger partial charge is 0.126 e. The summed E-state index contributed by atoms with van der Waals surface area (Å²) in [5.41, 5.74) is 7.89. The van der Waals surface area contributed by atoms with E-state index in [9.17, 15) is 0 Å². The Morgan fingerprint density at radius 3 is 2.40 bits per heavy atom. The summed E-state index contributed by atoms with van der Waals surface area (Å²) in [6, 6.07) is 15.9. The predicted octanol–water partition coefficient (Wildman–Crippen LogP) is 3.30. The number of nitrogens with two attached hydrogens (primary N) is 1. The molecule has 3 nitrogen and oxygen atoms in total. The van der Waals surface area contributed by atoms with Crippen LogP contribution in [0.1, 0.15) is 17.5 Å². The van der Waals surface area contributed by atoms with Gasteiger partial charge >= 0.3 is 0 Å². The first kappa shape index (κ1) is 14.4. The second-order valence-corrected chi connectivity index (χ2v) is 4.63. The Hall–Kier alpha value is -2.00. The molecule has 2 aromatic rings. The highest BCUT2D eigenvalue weighted by Crippen LogP contribution is 2.23. The molecular formula is C17H21NO2. The molecule has 106 valence electrons. The van der Waals surface area contributed by atoms with Crippen LogP contribution in [0.2, 0.25) is 0 Å².